The molecule has 3 amide bonds. The molecule has 5 rings (SSSR count). The summed E-state index contributed by atoms with van der Waals surface area (Å²) in [5.74, 6) is 0.108. The van der Waals surface area contributed by atoms with Gasteiger partial charge in [0.25, 0.3) is 5.91 Å². The molecule has 0 unspecified atom stereocenters. The summed E-state index contributed by atoms with van der Waals surface area (Å²) in [6, 6.07) is 21.5. The maximum atomic E-state index is 13.0. The van der Waals surface area contributed by atoms with Crippen molar-refractivity contribution in [3.63, 3.8) is 0 Å². The zero-order valence-corrected chi connectivity index (χ0v) is 19.7. The summed E-state index contributed by atoms with van der Waals surface area (Å²) in [5, 5.41) is 2.87. The number of hydrogen-bond acceptors (Lipinski definition) is 4. The van der Waals surface area contributed by atoms with Crippen LogP contribution in [0.1, 0.15) is 35.7 Å². The number of nitrogens with one attached hydrogen (secondary N) is 1. The first-order chi connectivity index (χ1) is 16.9. The van der Waals surface area contributed by atoms with E-state index in [2.05, 4.69) is 5.32 Å². The van der Waals surface area contributed by atoms with Crippen molar-refractivity contribution in [1.82, 2.24) is 0 Å². The Kier molecular flexibility index (Phi) is 5.95. The van der Waals surface area contributed by atoms with Crippen molar-refractivity contribution in [3.8, 4) is 11.5 Å². The number of amides is 3. The lowest BCUT2D eigenvalue weighted by Gasteiger charge is -2.18. The highest BCUT2D eigenvalue weighted by molar-refractivity contribution is 6.22. The summed E-state index contributed by atoms with van der Waals surface area (Å²) in [7, 11) is 0. The average Bonchev–Trinajstić information content (AvgIpc) is 3.11. The van der Waals surface area contributed by atoms with E-state index in [1.807, 2.05) is 44.2 Å². The largest absolute Gasteiger partial charge is 0.457 e. The van der Waals surface area contributed by atoms with Crippen molar-refractivity contribution < 1.29 is 19.1 Å². The van der Waals surface area contributed by atoms with E-state index in [0.717, 1.165) is 16.9 Å². The van der Waals surface area contributed by atoms with Crippen LogP contribution in [0.2, 0.25) is 0 Å². The van der Waals surface area contributed by atoms with Gasteiger partial charge in [-0.05, 0) is 80.8 Å². The van der Waals surface area contributed by atoms with Crippen molar-refractivity contribution in [2.75, 3.05) is 10.2 Å². The molecule has 0 bridgehead atoms. The number of para-hydroxylation sites is 1. The van der Waals surface area contributed by atoms with Crippen LogP contribution in [-0.2, 0) is 9.59 Å². The fourth-order valence-electron chi connectivity index (χ4n) is 4.69. The molecular formula is C29H26N2O4. The maximum Gasteiger partial charge on any atom is 0.255 e. The van der Waals surface area contributed by atoms with E-state index in [-0.39, 0.29) is 29.6 Å². The summed E-state index contributed by atoms with van der Waals surface area (Å²) in [4.78, 5) is 40.2. The highest BCUT2D eigenvalue weighted by Gasteiger charge is 2.48. The first-order valence-corrected chi connectivity index (χ1v) is 11.7. The number of rotatable bonds is 5. The van der Waals surface area contributed by atoms with Gasteiger partial charge in [0.15, 0.2) is 0 Å². The van der Waals surface area contributed by atoms with Crippen LogP contribution < -0.4 is 15.0 Å². The minimum absolute atomic E-state index is 0.186. The number of carbonyl (C=O) groups is 3. The standard InChI is InChI=1S/C29H26N2O4/c1-18-10-15-24-25(16-18)29(34)31(28(24)33)22-8-5-7-20(17-22)27(32)30-21-11-13-23(14-12-21)35-26-9-4-3-6-19(26)2/h3-14,17,24-25H,15-16H2,1-2H3,(H,30,32)/t24-,25-/m0/s1. The molecule has 2 atom stereocenters. The highest BCUT2D eigenvalue weighted by atomic mass is 16.5. The highest BCUT2D eigenvalue weighted by Crippen LogP contribution is 2.40. The first kappa shape index (κ1) is 22.6. The topological polar surface area (TPSA) is 75.7 Å². The number of fused-ring (bicyclic) bond motifs is 1. The Labute approximate surface area is 204 Å². The van der Waals surface area contributed by atoms with Gasteiger partial charge in [-0.2, -0.15) is 0 Å². The summed E-state index contributed by atoms with van der Waals surface area (Å²) < 4.78 is 5.91. The van der Waals surface area contributed by atoms with E-state index < -0.39 is 0 Å². The molecule has 0 radical (unpaired) electrons. The summed E-state index contributed by atoms with van der Waals surface area (Å²) in [6.07, 6.45) is 3.23. The molecule has 0 aromatic heterocycles. The molecule has 176 valence electrons. The average molecular weight is 467 g/mol. The van der Waals surface area contributed by atoms with E-state index >= 15 is 0 Å². The molecule has 1 heterocycles. The number of hydrogen-bond donors (Lipinski definition) is 1. The molecule has 1 saturated heterocycles. The molecule has 0 spiro atoms. The zero-order chi connectivity index (χ0) is 24.5. The third-order valence-electron chi connectivity index (χ3n) is 6.62. The molecule has 1 aliphatic carbocycles. The number of carbonyl (C=O) groups excluding carboxylic acids is 3. The van der Waals surface area contributed by atoms with Crippen molar-refractivity contribution in [1.29, 1.82) is 0 Å². The lowest BCUT2D eigenvalue weighted by molar-refractivity contribution is -0.122. The zero-order valence-electron chi connectivity index (χ0n) is 19.7. The molecule has 0 saturated carbocycles. The van der Waals surface area contributed by atoms with Crippen LogP contribution in [0.5, 0.6) is 11.5 Å². The molecule has 1 N–H and O–H groups in total. The van der Waals surface area contributed by atoms with Crippen molar-refractivity contribution in [2.45, 2.75) is 26.7 Å². The van der Waals surface area contributed by atoms with Gasteiger partial charge in [0.1, 0.15) is 11.5 Å². The summed E-state index contributed by atoms with van der Waals surface area (Å²) in [6.45, 7) is 3.97. The van der Waals surface area contributed by atoms with Crippen molar-refractivity contribution in [3.05, 3.63) is 95.6 Å². The monoisotopic (exact) mass is 466 g/mol. The SMILES string of the molecule is CC1=CC[C@@H]2C(=O)N(c3cccc(C(=O)Nc4ccc(Oc5ccccc5C)cc4)c3)C(=O)[C@H]2C1. The van der Waals surface area contributed by atoms with Crippen LogP contribution in [0.3, 0.4) is 0 Å². The number of nitrogens with zero attached hydrogens (tertiary/aromatic N) is 1. The van der Waals surface area contributed by atoms with Crippen LogP contribution in [-0.4, -0.2) is 17.7 Å². The number of benzene rings is 3. The van der Waals surface area contributed by atoms with Gasteiger partial charge < -0.3 is 10.1 Å². The molecule has 1 fully saturated rings. The van der Waals surface area contributed by atoms with Gasteiger partial charge in [0, 0.05) is 11.3 Å². The smallest absolute Gasteiger partial charge is 0.255 e. The van der Waals surface area contributed by atoms with Crippen molar-refractivity contribution >= 4 is 29.1 Å². The van der Waals surface area contributed by atoms with Crippen LogP contribution in [0, 0.1) is 18.8 Å². The molecule has 2 aliphatic rings. The number of ether oxygens (including phenoxy) is 1. The third kappa shape index (κ3) is 4.47. The summed E-state index contributed by atoms with van der Waals surface area (Å²) in [5.41, 5.74) is 3.58. The minimum Gasteiger partial charge on any atom is -0.457 e. The van der Waals surface area contributed by atoms with Crippen LogP contribution in [0.25, 0.3) is 0 Å². The maximum absolute atomic E-state index is 13.0. The van der Waals surface area contributed by atoms with Gasteiger partial charge >= 0.3 is 0 Å². The lowest BCUT2D eigenvalue weighted by atomic mass is 9.82. The van der Waals surface area contributed by atoms with E-state index in [4.69, 9.17) is 4.74 Å². The number of imide groups is 1. The van der Waals surface area contributed by atoms with E-state index in [9.17, 15) is 14.4 Å². The third-order valence-corrected chi connectivity index (χ3v) is 6.62. The second-order valence-electron chi connectivity index (χ2n) is 9.11. The normalized spacial score (nSPS) is 19.3. The van der Waals surface area contributed by atoms with Gasteiger partial charge in [0.05, 0.1) is 17.5 Å². The molecule has 35 heavy (non-hydrogen) atoms. The second-order valence-corrected chi connectivity index (χ2v) is 9.11. The minimum atomic E-state index is -0.326. The van der Waals surface area contributed by atoms with Crippen LogP contribution >= 0.6 is 0 Å². The molecular weight excluding hydrogens is 440 g/mol. The molecule has 3 aromatic carbocycles. The van der Waals surface area contributed by atoms with Gasteiger partial charge in [-0.15, -0.1) is 0 Å². The van der Waals surface area contributed by atoms with Gasteiger partial charge in [-0.25, -0.2) is 0 Å². The molecule has 6 heteroatoms. The van der Waals surface area contributed by atoms with E-state index in [1.165, 1.54) is 4.90 Å². The molecule has 1 aliphatic heterocycles. The Morgan fingerprint density at radius 1 is 0.914 bits per heavy atom. The van der Waals surface area contributed by atoms with Gasteiger partial charge in [-0.3, -0.25) is 19.3 Å². The van der Waals surface area contributed by atoms with Crippen LogP contribution in [0.4, 0.5) is 11.4 Å². The predicted molar refractivity (Wildman–Crippen MR) is 135 cm³/mol. The molecule has 6 nitrogen and oxygen atoms in total. The fraction of sp³-hybridized carbons (Fsp3) is 0.207. The fourth-order valence-corrected chi connectivity index (χ4v) is 4.69. The quantitative estimate of drug-likeness (QED) is 0.376. The Morgan fingerprint density at radius 2 is 1.66 bits per heavy atom. The van der Waals surface area contributed by atoms with E-state index in [1.54, 1.807) is 48.5 Å². The Morgan fingerprint density at radius 3 is 2.43 bits per heavy atom. The number of aryl methyl sites for hydroxylation is 1. The number of allylic oxidation sites excluding steroid dienone is 2. The number of anilines is 2. The lowest BCUT2D eigenvalue weighted by Crippen LogP contribution is -2.31. The predicted octanol–water partition coefficient (Wildman–Crippen LogP) is 5.89. The van der Waals surface area contributed by atoms with Gasteiger partial charge in [0.2, 0.25) is 11.8 Å². The van der Waals surface area contributed by atoms with Crippen molar-refractivity contribution in [2.24, 2.45) is 11.8 Å². The van der Waals surface area contributed by atoms with Crippen LogP contribution in [0.15, 0.2) is 84.4 Å². The second kappa shape index (κ2) is 9.22. The Balaban J connectivity index is 1.29. The van der Waals surface area contributed by atoms with E-state index in [0.29, 0.717) is 35.5 Å². The van der Waals surface area contributed by atoms with Gasteiger partial charge in [-0.1, -0.05) is 35.9 Å². The Hall–Kier alpha value is -4.19. The molecule has 3 aromatic rings. The first-order valence-electron chi connectivity index (χ1n) is 11.7. The summed E-state index contributed by atoms with van der Waals surface area (Å²) >= 11 is 0. The Bertz CT molecular complexity index is 1340.